The highest BCUT2D eigenvalue weighted by Gasteiger charge is 2.47. The van der Waals surface area contributed by atoms with Gasteiger partial charge in [-0.15, -0.1) is 0 Å². The number of ether oxygens (including phenoxy) is 1. The summed E-state index contributed by atoms with van der Waals surface area (Å²) in [6.07, 6.45) is -1.12. The van der Waals surface area contributed by atoms with Crippen LogP contribution in [0, 0.1) is 5.82 Å². The van der Waals surface area contributed by atoms with Gasteiger partial charge in [-0.25, -0.2) is 9.36 Å². The van der Waals surface area contributed by atoms with Gasteiger partial charge in [0.25, 0.3) is 5.56 Å². The van der Waals surface area contributed by atoms with Crippen LogP contribution >= 0.6 is 7.82 Å². The molecule has 0 aromatic carbocycles. The molecule has 116 valence electrons. The monoisotopic (exact) mass is 322 g/mol. The second-order valence-electron chi connectivity index (χ2n) is 4.58. The van der Waals surface area contributed by atoms with Crippen LogP contribution in [0.2, 0.25) is 0 Å². The van der Waals surface area contributed by atoms with Crippen molar-refractivity contribution in [1.29, 1.82) is 0 Å². The first kappa shape index (κ1) is 14.6. The number of fused-ring (bicyclic) bond motifs is 1. The molecule has 2 fully saturated rings. The van der Waals surface area contributed by atoms with Gasteiger partial charge in [0.05, 0.1) is 12.8 Å². The molecule has 1 aromatic rings. The molecule has 21 heavy (non-hydrogen) atoms. The third-order valence-corrected chi connectivity index (χ3v) is 4.74. The molecule has 0 radical (unpaired) electrons. The van der Waals surface area contributed by atoms with Crippen molar-refractivity contribution in [2.24, 2.45) is 0 Å². The highest BCUT2D eigenvalue weighted by atomic mass is 31.2. The number of phosphoric ester groups is 1. The topological polar surface area (TPSA) is 109 Å². The molecule has 0 spiro atoms. The van der Waals surface area contributed by atoms with Crippen LogP contribution in [0.3, 0.4) is 0 Å². The lowest BCUT2D eigenvalue weighted by Gasteiger charge is -2.28. The molecule has 0 saturated carbocycles. The Balaban J connectivity index is 1.85. The summed E-state index contributed by atoms with van der Waals surface area (Å²) in [6, 6.07) is 0. The SMILES string of the molecule is CO[P@@]1(=O)OC[C@H]2O[C@@H](n3cc(F)c(=O)[nH]c3=O)C[C@@H]2O1. The van der Waals surface area contributed by atoms with E-state index in [2.05, 4.69) is 4.52 Å². The van der Waals surface area contributed by atoms with Crippen molar-refractivity contribution < 1.29 is 27.3 Å². The van der Waals surface area contributed by atoms with Gasteiger partial charge >= 0.3 is 13.5 Å². The van der Waals surface area contributed by atoms with E-state index in [0.717, 1.165) is 10.8 Å². The molecule has 0 bridgehead atoms. The number of halogens is 1. The van der Waals surface area contributed by atoms with Crippen LogP contribution in [0.15, 0.2) is 15.8 Å². The summed E-state index contributed by atoms with van der Waals surface area (Å²) in [5.41, 5.74) is -1.91. The van der Waals surface area contributed by atoms with Crippen LogP contribution in [-0.4, -0.2) is 35.5 Å². The summed E-state index contributed by atoms with van der Waals surface area (Å²) < 4.78 is 46.4. The molecule has 2 aliphatic heterocycles. The zero-order valence-electron chi connectivity index (χ0n) is 10.9. The Labute approximate surface area is 117 Å². The van der Waals surface area contributed by atoms with Crippen LogP contribution in [0.5, 0.6) is 0 Å². The highest BCUT2D eigenvalue weighted by molar-refractivity contribution is 7.48. The number of nitrogens with zero attached hydrogens (tertiary/aromatic N) is 1. The van der Waals surface area contributed by atoms with Gasteiger partial charge in [0.1, 0.15) is 18.4 Å². The van der Waals surface area contributed by atoms with Crippen LogP contribution in [0.1, 0.15) is 12.6 Å². The Hall–Kier alpha value is -1.32. The summed E-state index contributed by atoms with van der Waals surface area (Å²) in [6.45, 7) is -0.0349. The molecule has 0 aliphatic carbocycles. The number of nitrogens with one attached hydrogen (secondary N) is 1. The molecular weight excluding hydrogens is 310 g/mol. The summed E-state index contributed by atoms with van der Waals surface area (Å²) in [7, 11) is -2.42. The fourth-order valence-corrected chi connectivity index (χ4v) is 3.40. The average Bonchev–Trinajstić information content (AvgIpc) is 2.85. The van der Waals surface area contributed by atoms with Crippen molar-refractivity contribution in [3.8, 4) is 0 Å². The molecule has 3 heterocycles. The van der Waals surface area contributed by atoms with E-state index in [1.165, 1.54) is 7.11 Å². The first-order valence-electron chi connectivity index (χ1n) is 6.07. The lowest BCUT2D eigenvalue weighted by atomic mass is 10.2. The van der Waals surface area contributed by atoms with Crippen molar-refractivity contribution in [3.63, 3.8) is 0 Å². The van der Waals surface area contributed by atoms with Crippen molar-refractivity contribution in [1.82, 2.24) is 9.55 Å². The third kappa shape index (κ3) is 2.60. The summed E-state index contributed by atoms with van der Waals surface area (Å²) in [4.78, 5) is 24.5. The summed E-state index contributed by atoms with van der Waals surface area (Å²) in [5, 5.41) is 0. The lowest BCUT2D eigenvalue weighted by molar-refractivity contribution is -0.0703. The minimum absolute atomic E-state index is 0.0349. The largest absolute Gasteiger partial charge is 0.474 e. The molecule has 1 N–H and O–H groups in total. The first-order valence-corrected chi connectivity index (χ1v) is 7.53. The Kier molecular flexibility index (Phi) is 3.58. The zero-order chi connectivity index (χ0) is 15.2. The minimum atomic E-state index is -3.61. The maximum absolute atomic E-state index is 13.3. The van der Waals surface area contributed by atoms with E-state index >= 15 is 0 Å². The smallest absolute Gasteiger partial charge is 0.349 e. The van der Waals surface area contributed by atoms with Gasteiger partial charge in [-0.1, -0.05) is 0 Å². The molecule has 9 nitrogen and oxygen atoms in total. The van der Waals surface area contributed by atoms with Gasteiger partial charge in [-0.2, -0.15) is 4.39 Å². The van der Waals surface area contributed by atoms with Crippen LogP contribution < -0.4 is 11.2 Å². The summed E-state index contributed by atoms with van der Waals surface area (Å²) >= 11 is 0. The minimum Gasteiger partial charge on any atom is -0.349 e. The number of rotatable bonds is 2. The number of aromatic amines is 1. The van der Waals surface area contributed by atoms with E-state index in [-0.39, 0.29) is 13.0 Å². The molecule has 11 heteroatoms. The second kappa shape index (κ2) is 5.15. The number of aromatic nitrogens is 2. The van der Waals surface area contributed by atoms with E-state index in [1.54, 1.807) is 0 Å². The van der Waals surface area contributed by atoms with Gasteiger partial charge in [0.2, 0.25) is 5.82 Å². The standard InChI is InChI=1S/C10H12FN2O7P/c1-17-21(16)18-4-7-6(20-21)2-8(19-7)13-3-5(11)9(14)12-10(13)15/h3,6-8H,2,4H2,1H3,(H,12,14,15)/t6-,7+,8+,21-/m0/s1. The van der Waals surface area contributed by atoms with E-state index in [4.69, 9.17) is 13.8 Å². The molecule has 2 aliphatic rings. The van der Waals surface area contributed by atoms with Crippen molar-refractivity contribution in [3.05, 3.63) is 32.9 Å². The lowest BCUT2D eigenvalue weighted by Crippen LogP contribution is -2.34. The molecule has 4 atom stereocenters. The van der Waals surface area contributed by atoms with Gasteiger partial charge in [0, 0.05) is 13.5 Å². The molecule has 3 rings (SSSR count). The van der Waals surface area contributed by atoms with Gasteiger partial charge in [-0.05, 0) is 0 Å². The number of phosphoric acid groups is 1. The average molecular weight is 322 g/mol. The van der Waals surface area contributed by atoms with Crippen LogP contribution in [0.4, 0.5) is 4.39 Å². The maximum Gasteiger partial charge on any atom is 0.474 e. The van der Waals surface area contributed by atoms with E-state index in [1.807, 2.05) is 4.98 Å². The Morgan fingerprint density at radius 1 is 1.48 bits per heavy atom. The highest BCUT2D eigenvalue weighted by Crippen LogP contribution is 2.55. The van der Waals surface area contributed by atoms with Crippen molar-refractivity contribution >= 4 is 7.82 Å². The second-order valence-corrected chi connectivity index (χ2v) is 6.31. The summed E-state index contributed by atoms with van der Waals surface area (Å²) in [5.74, 6) is -1.10. The maximum atomic E-state index is 13.3. The fourth-order valence-electron chi connectivity index (χ4n) is 2.26. The van der Waals surface area contributed by atoms with Crippen LogP contribution in [0.25, 0.3) is 0 Å². The van der Waals surface area contributed by atoms with E-state index in [9.17, 15) is 18.5 Å². The Morgan fingerprint density at radius 3 is 2.95 bits per heavy atom. The Morgan fingerprint density at radius 2 is 2.24 bits per heavy atom. The van der Waals surface area contributed by atoms with Gasteiger partial charge in [0.15, 0.2) is 0 Å². The van der Waals surface area contributed by atoms with Gasteiger partial charge < -0.3 is 4.74 Å². The number of hydrogen-bond donors (Lipinski definition) is 1. The molecule has 2 saturated heterocycles. The normalized spacial score (nSPS) is 35.6. The van der Waals surface area contributed by atoms with Crippen molar-refractivity contribution in [2.75, 3.05) is 13.7 Å². The van der Waals surface area contributed by atoms with Crippen LogP contribution in [-0.2, 0) is 22.9 Å². The predicted octanol–water partition coefficient (Wildman–Crippen LogP) is 0.133. The molecule has 1 aromatic heterocycles. The van der Waals surface area contributed by atoms with Crippen molar-refractivity contribution in [2.45, 2.75) is 24.9 Å². The molecule has 0 unspecified atom stereocenters. The molecule has 0 amide bonds. The Bertz CT molecular complexity index is 716. The third-order valence-electron chi connectivity index (χ3n) is 3.30. The number of hydrogen-bond acceptors (Lipinski definition) is 7. The zero-order valence-corrected chi connectivity index (χ0v) is 11.7. The van der Waals surface area contributed by atoms with E-state index in [0.29, 0.717) is 0 Å². The fraction of sp³-hybridized carbons (Fsp3) is 0.600. The van der Waals surface area contributed by atoms with E-state index < -0.39 is 43.3 Å². The van der Waals surface area contributed by atoms with Gasteiger partial charge in [-0.3, -0.25) is 27.9 Å². The first-order chi connectivity index (χ1) is 9.92. The number of H-pyrrole nitrogens is 1. The molecular formula is C10H12FN2O7P. The quantitative estimate of drug-likeness (QED) is 0.771. The predicted molar refractivity (Wildman–Crippen MR) is 65.2 cm³/mol.